The van der Waals surface area contributed by atoms with E-state index in [2.05, 4.69) is 52.2 Å². The average molecular weight is 693 g/mol. The number of aromatic nitrogens is 1. The molecule has 0 aliphatic carbocycles. The molecule has 4 aromatic rings. The van der Waals surface area contributed by atoms with Crippen LogP contribution >= 0.6 is 23.1 Å². The number of thiazole rings is 1. The van der Waals surface area contributed by atoms with Gasteiger partial charge in [0.2, 0.25) is 6.61 Å². The summed E-state index contributed by atoms with van der Waals surface area (Å²) in [5, 5.41) is 31.8. The van der Waals surface area contributed by atoms with Gasteiger partial charge in [-0.25, -0.2) is 4.98 Å². The molecule has 3 heterocycles. The van der Waals surface area contributed by atoms with E-state index in [9.17, 15) is 14.7 Å². The highest BCUT2D eigenvalue weighted by Crippen LogP contribution is 2.46. The highest BCUT2D eigenvalue weighted by atomic mass is 32.2. The van der Waals surface area contributed by atoms with Crippen molar-refractivity contribution in [3.63, 3.8) is 0 Å². The minimum atomic E-state index is -0.845. The predicted molar refractivity (Wildman–Crippen MR) is 192 cm³/mol. The highest BCUT2D eigenvalue weighted by molar-refractivity contribution is 8.03. The fourth-order valence-electron chi connectivity index (χ4n) is 6.36. The zero-order chi connectivity index (χ0) is 34.6. The summed E-state index contributed by atoms with van der Waals surface area (Å²) in [6.45, 7) is 5.45. The van der Waals surface area contributed by atoms with E-state index in [4.69, 9.17) is 15.1 Å². The molecule has 1 aromatic heterocycles. The lowest BCUT2D eigenvalue weighted by molar-refractivity contribution is -0.149. The van der Waals surface area contributed by atoms with Gasteiger partial charge in [-0.2, -0.15) is 5.26 Å². The molecular weight excluding hydrogens is 657 g/mol. The Hall–Kier alpha value is -4.96. The van der Waals surface area contributed by atoms with Crippen molar-refractivity contribution in [1.82, 2.24) is 15.2 Å². The first kappa shape index (κ1) is 33.9. The van der Waals surface area contributed by atoms with Gasteiger partial charge in [0.15, 0.2) is 10.8 Å². The molecule has 0 spiro atoms. The number of rotatable bonds is 11. The number of fused-ring (bicyclic) bond motifs is 1. The normalized spacial score (nSPS) is 17.9. The number of hydrogen-bond donors (Lipinski definition) is 3. The van der Waals surface area contributed by atoms with E-state index in [0.717, 1.165) is 27.3 Å². The lowest BCUT2D eigenvalue weighted by Crippen LogP contribution is -2.73. The van der Waals surface area contributed by atoms with Crippen molar-refractivity contribution in [2.75, 3.05) is 24.3 Å². The quantitative estimate of drug-likeness (QED) is 0.0617. The molecule has 1 saturated heterocycles. The Morgan fingerprint density at radius 2 is 1.59 bits per heavy atom. The Morgan fingerprint density at radius 3 is 2.10 bits per heavy atom. The number of anilines is 1. The number of carbonyl (C=O) groups excluding carboxylic acids is 2. The van der Waals surface area contributed by atoms with Crippen LogP contribution in [0.5, 0.6) is 0 Å². The van der Waals surface area contributed by atoms with E-state index in [1.165, 1.54) is 23.1 Å². The molecule has 2 aliphatic heterocycles. The summed E-state index contributed by atoms with van der Waals surface area (Å²) in [7, 11) is 0. The van der Waals surface area contributed by atoms with Gasteiger partial charge in [0.25, 0.3) is 11.8 Å². The van der Waals surface area contributed by atoms with E-state index in [1.807, 2.05) is 81.4 Å². The van der Waals surface area contributed by atoms with Crippen LogP contribution in [0, 0.1) is 16.7 Å². The van der Waals surface area contributed by atoms with Crippen LogP contribution in [0.3, 0.4) is 0 Å². The molecular formula is C37H36N6O4S2. The number of β-lactam (4-membered cyclic amide) rings is 1. The van der Waals surface area contributed by atoms with Crippen molar-refractivity contribution >= 4 is 45.8 Å². The molecule has 250 valence electrons. The summed E-state index contributed by atoms with van der Waals surface area (Å²) in [6, 6.07) is 31.0. The Labute approximate surface area is 293 Å². The fourth-order valence-corrected chi connectivity index (χ4v) is 8.46. The number of nitrogens with one attached hydrogen (secondary N) is 2. The first-order valence-corrected chi connectivity index (χ1v) is 17.6. The van der Waals surface area contributed by atoms with Gasteiger partial charge < -0.3 is 25.5 Å². The van der Waals surface area contributed by atoms with Crippen molar-refractivity contribution < 1.29 is 19.5 Å². The lowest BCUT2D eigenvalue weighted by atomic mass is 9.77. The van der Waals surface area contributed by atoms with Crippen LogP contribution in [-0.2, 0) is 20.0 Å². The number of hydrogen-bond acceptors (Lipinski definition) is 10. The maximum Gasteiger partial charge on any atom is 0.276 e. The van der Waals surface area contributed by atoms with Crippen molar-refractivity contribution in [2.24, 2.45) is 10.6 Å². The molecule has 2 atom stereocenters. The summed E-state index contributed by atoms with van der Waals surface area (Å²) in [5.74, 6) is -0.382. The van der Waals surface area contributed by atoms with Crippen LogP contribution in [0.1, 0.15) is 43.2 Å². The van der Waals surface area contributed by atoms with Crippen LogP contribution < -0.4 is 10.6 Å². The number of oxime groups is 1. The lowest BCUT2D eigenvalue weighted by Gasteiger charge is -2.53. The van der Waals surface area contributed by atoms with Crippen LogP contribution in [0.2, 0.25) is 0 Å². The number of benzene rings is 3. The molecule has 12 heteroatoms. The number of amides is 2. The highest BCUT2D eigenvalue weighted by Gasteiger charge is 2.54. The Balaban J connectivity index is 1.32. The number of aliphatic hydroxyl groups is 1. The summed E-state index contributed by atoms with van der Waals surface area (Å²) in [4.78, 5) is 39.7. The molecule has 2 amide bonds. The number of thioether (sulfide) groups is 1. The molecule has 49 heavy (non-hydrogen) atoms. The van der Waals surface area contributed by atoms with Crippen molar-refractivity contribution in [3.8, 4) is 6.07 Å². The van der Waals surface area contributed by atoms with Gasteiger partial charge in [-0.15, -0.1) is 23.1 Å². The molecule has 3 aromatic carbocycles. The van der Waals surface area contributed by atoms with Gasteiger partial charge in [-0.1, -0.05) is 117 Å². The Bertz CT molecular complexity index is 1820. The summed E-state index contributed by atoms with van der Waals surface area (Å²) in [6.07, 6.45) is 0. The van der Waals surface area contributed by atoms with Gasteiger partial charge in [0, 0.05) is 27.2 Å². The molecule has 2 unspecified atom stereocenters. The van der Waals surface area contributed by atoms with Gasteiger partial charge in [-0.3, -0.25) is 9.59 Å². The van der Waals surface area contributed by atoms with Crippen LogP contribution in [0.15, 0.2) is 112 Å². The summed E-state index contributed by atoms with van der Waals surface area (Å²) >= 11 is 2.79. The third-order valence-corrected chi connectivity index (χ3v) is 10.4. The number of allylic oxidation sites excluding steroid dienone is 1. The summed E-state index contributed by atoms with van der Waals surface area (Å²) < 4.78 is 0. The zero-order valence-electron chi connectivity index (χ0n) is 27.3. The molecule has 6 rings (SSSR count). The third kappa shape index (κ3) is 6.57. The maximum atomic E-state index is 13.8. The van der Waals surface area contributed by atoms with Gasteiger partial charge in [0.1, 0.15) is 23.3 Å². The second-order valence-electron chi connectivity index (χ2n) is 12.6. The van der Waals surface area contributed by atoms with E-state index < -0.39 is 17.5 Å². The van der Waals surface area contributed by atoms with Crippen molar-refractivity contribution in [3.05, 3.63) is 129 Å². The van der Waals surface area contributed by atoms with Crippen LogP contribution in [-0.4, -0.2) is 63.6 Å². The Kier molecular flexibility index (Phi) is 9.87. The van der Waals surface area contributed by atoms with E-state index in [-0.39, 0.29) is 42.0 Å². The minimum absolute atomic E-state index is 0.151. The molecule has 10 nitrogen and oxygen atoms in total. The van der Waals surface area contributed by atoms with E-state index >= 15 is 0 Å². The first-order chi connectivity index (χ1) is 23.7. The third-order valence-electron chi connectivity index (χ3n) is 8.46. The monoisotopic (exact) mass is 692 g/mol. The topological polar surface area (TPSA) is 140 Å². The standard InChI is InChI=1S/C37H36N6O4S2/c1-36(2,3)32-29(21-44)48-23-28-31(34(46)43(28)32)40-33(45)30(42-47-20-19-38)27-22-49-35(39-27)41-37(24-13-7-4-8-14-24,25-15-9-5-10-16-25)26-17-11-6-12-18-26/h4-18,22,28,31,44H,20-21,23H2,1-3H3,(H,39,41)(H,40,45). The SMILES string of the molecule is CC(C)(C)C1=C(CO)SCC2C(NC(=O)C(=NOCC#N)c3csc(NC(c4ccccc4)(c4ccccc4)c4ccccc4)n3)C(=O)N12. The molecule has 3 N–H and O–H groups in total. The molecule has 0 saturated carbocycles. The van der Waals surface area contributed by atoms with Gasteiger partial charge in [0.05, 0.1) is 12.6 Å². The predicted octanol–water partition coefficient (Wildman–Crippen LogP) is 5.48. The van der Waals surface area contributed by atoms with Crippen LogP contribution in [0.25, 0.3) is 0 Å². The first-order valence-electron chi connectivity index (χ1n) is 15.8. The van der Waals surface area contributed by atoms with Gasteiger partial charge in [-0.05, 0) is 16.7 Å². The Morgan fingerprint density at radius 1 is 1.02 bits per heavy atom. The maximum absolute atomic E-state index is 13.8. The zero-order valence-corrected chi connectivity index (χ0v) is 28.9. The second kappa shape index (κ2) is 14.3. The van der Waals surface area contributed by atoms with Crippen molar-refractivity contribution in [1.29, 1.82) is 5.26 Å². The number of aliphatic hydroxyl groups excluding tert-OH is 1. The molecule has 0 radical (unpaired) electrons. The number of nitrogens with zero attached hydrogens (tertiary/aromatic N) is 4. The number of nitriles is 1. The molecule has 0 bridgehead atoms. The van der Waals surface area contributed by atoms with E-state index in [0.29, 0.717) is 10.9 Å². The molecule has 1 fully saturated rings. The van der Waals surface area contributed by atoms with Crippen molar-refractivity contribution in [2.45, 2.75) is 38.4 Å². The van der Waals surface area contributed by atoms with E-state index in [1.54, 1.807) is 10.3 Å². The fraction of sp³-hybridized carbons (Fsp3) is 0.270. The minimum Gasteiger partial charge on any atom is -0.391 e. The molecule has 2 aliphatic rings. The van der Waals surface area contributed by atoms with Crippen LogP contribution in [0.4, 0.5) is 5.13 Å². The average Bonchev–Trinajstić information content (AvgIpc) is 3.59. The second-order valence-corrected chi connectivity index (χ2v) is 14.6. The summed E-state index contributed by atoms with van der Waals surface area (Å²) in [5.41, 5.74) is 2.57. The number of carbonyl (C=O) groups is 2. The largest absolute Gasteiger partial charge is 0.391 e. The smallest absolute Gasteiger partial charge is 0.276 e. The van der Waals surface area contributed by atoms with Gasteiger partial charge >= 0.3 is 0 Å².